The van der Waals surface area contributed by atoms with Gasteiger partial charge in [-0.2, -0.15) is 0 Å². The number of ether oxygens (including phenoxy) is 3. The summed E-state index contributed by atoms with van der Waals surface area (Å²) in [7, 11) is 3.22. The second-order valence-electron chi connectivity index (χ2n) is 3.50. The van der Waals surface area contributed by atoms with Crippen LogP contribution in [0.2, 0.25) is 0 Å². The summed E-state index contributed by atoms with van der Waals surface area (Å²) in [6, 6.07) is 5.34. The summed E-state index contributed by atoms with van der Waals surface area (Å²) in [5, 5.41) is 9.03. The van der Waals surface area contributed by atoms with Crippen LogP contribution in [0.1, 0.15) is 12.5 Å². The topological polar surface area (TPSA) is 47.9 Å². The van der Waals surface area contributed by atoms with Crippen LogP contribution < -0.4 is 9.47 Å². The second-order valence-corrected chi connectivity index (χ2v) is 3.50. The van der Waals surface area contributed by atoms with Gasteiger partial charge in [-0.3, -0.25) is 0 Å². The van der Waals surface area contributed by atoms with E-state index in [2.05, 4.69) is 0 Å². The zero-order chi connectivity index (χ0) is 12.0. The quantitative estimate of drug-likeness (QED) is 0.800. The van der Waals surface area contributed by atoms with Crippen LogP contribution in [-0.4, -0.2) is 32.0 Å². The van der Waals surface area contributed by atoms with Crippen LogP contribution in [0.4, 0.5) is 0 Å². The van der Waals surface area contributed by atoms with Crippen molar-refractivity contribution >= 4 is 0 Å². The van der Waals surface area contributed by atoms with E-state index in [0.29, 0.717) is 18.1 Å². The minimum Gasteiger partial charge on any atom is -0.493 e. The molecule has 0 aliphatic rings. The number of aliphatic hydroxyl groups is 1. The normalized spacial score (nSPS) is 12.2. The van der Waals surface area contributed by atoms with Gasteiger partial charge < -0.3 is 19.3 Å². The first kappa shape index (κ1) is 12.8. The van der Waals surface area contributed by atoms with Crippen molar-refractivity contribution in [2.24, 2.45) is 0 Å². The molecular formula is C12H18O4. The predicted molar refractivity (Wildman–Crippen MR) is 60.9 cm³/mol. The van der Waals surface area contributed by atoms with Crippen LogP contribution in [0.3, 0.4) is 0 Å². The Balaban J connectivity index is 2.75. The van der Waals surface area contributed by atoms with Crippen LogP contribution in [-0.2, 0) is 11.3 Å². The van der Waals surface area contributed by atoms with Gasteiger partial charge in [0.25, 0.3) is 0 Å². The molecule has 90 valence electrons. The molecule has 16 heavy (non-hydrogen) atoms. The summed E-state index contributed by atoms with van der Waals surface area (Å²) in [6.07, 6.45) is 0.0162. The summed E-state index contributed by atoms with van der Waals surface area (Å²) in [4.78, 5) is 0. The summed E-state index contributed by atoms with van der Waals surface area (Å²) in [6.45, 7) is 2.35. The van der Waals surface area contributed by atoms with Crippen LogP contribution in [0.5, 0.6) is 11.5 Å². The molecule has 1 aromatic rings. The minimum absolute atomic E-state index is 0.0137. The highest BCUT2D eigenvalue weighted by Gasteiger charge is 2.07. The molecule has 0 fully saturated rings. The SMILES string of the molecule is COc1ccc(CO)cc1OCC(C)OC. The smallest absolute Gasteiger partial charge is 0.161 e. The first-order chi connectivity index (χ1) is 7.71. The average Bonchev–Trinajstić information content (AvgIpc) is 2.35. The van der Waals surface area contributed by atoms with Crippen molar-refractivity contribution in [2.45, 2.75) is 19.6 Å². The maximum Gasteiger partial charge on any atom is 0.161 e. The van der Waals surface area contributed by atoms with Gasteiger partial charge in [-0.1, -0.05) is 6.07 Å². The van der Waals surface area contributed by atoms with E-state index in [4.69, 9.17) is 19.3 Å². The van der Waals surface area contributed by atoms with Gasteiger partial charge in [0.05, 0.1) is 19.8 Å². The number of hydrogen-bond donors (Lipinski definition) is 1. The van der Waals surface area contributed by atoms with E-state index in [1.807, 2.05) is 6.92 Å². The molecule has 0 aliphatic heterocycles. The summed E-state index contributed by atoms with van der Waals surface area (Å²) in [5.41, 5.74) is 0.792. The third-order valence-electron chi connectivity index (χ3n) is 2.29. The standard InChI is InChI=1S/C12H18O4/c1-9(14-2)8-16-12-6-10(7-13)4-5-11(12)15-3/h4-6,9,13H,7-8H2,1-3H3. The Morgan fingerprint density at radius 1 is 1.25 bits per heavy atom. The monoisotopic (exact) mass is 226 g/mol. The lowest BCUT2D eigenvalue weighted by Crippen LogP contribution is -2.16. The molecule has 1 N–H and O–H groups in total. The van der Waals surface area contributed by atoms with Gasteiger partial charge in [0.2, 0.25) is 0 Å². The van der Waals surface area contributed by atoms with Crippen molar-refractivity contribution in [1.82, 2.24) is 0 Å². The van der Waals surface area contributed by atoms with E-state index in [0.717, 1.165) is 5.56 Å². The molecule has 0 radical (unpaired) electrons. The van der Waals surface area contributed by atoms with Crippen LogP contribution in [0.25, 0.3) is 0 Å². The van der Waals surface area contributed by atoms with Crippen molar-refractivity contribution in [3.05, 3.63) is 23.8 Å². The molecule has 4 heteroatoms. The van der Waals surface area contributed by atoms with Crippen molar-refractivity contribution in [2.75, 3.05) is 20.8 Å². The maximum atomic E-state index is 9.03. The third-order valence-corrected chi connectivity index (χ3v) is 2.29. The number of benzene rings is 1. The Bertz CT molecular complexity index is 325. The molecule has 0 spiro atoms. The maximum absolute atomic E-state index is 9.03. The average molecular weight is 226 g/mol. The second kappa shape index (κ2) is 6.35. The first-order valence-corrected chi connectivity index (χ1v) is 5.14. The van der Waals surface area contributed by atoms with Gasteiger partial charge in [-0.25, -0.2) is 0 Å². The molecular weight excluding hydrogens is 208 g/mol. The van der Waals surface area contributed by atoms with Gasteiger partial charge in [0.15, 0.2) is 11.5 Å². The first-order valence-electron chi connectivity index (χ1n) is 5.14. The molecule has 0 amide bonds. The summed E-state index contributed by atoms with van der Waals surface area (Å²) < 4.78 is 15.8. The number of rotatable bonds is 6. The zero-order valence-corrected chi connectivity index (χ0v) is 9.90. The molecule has 1 aromatic carbocycles. The fraction of sp³-hybridized carbons (Fsp3) is 0.500. The third kappa shape index (κ3) is 3.40. The molecule has 4 nitrogen and oxygen atoms in total. The molecule has 0 aliphatic carbocycles. The van der Waals surface area contributed by atoms with E-state index in [1.54, 1.807) is 32.4 Å². The Hall–Kier alpha value is -1.26. The number of aliphatic hydroxyl groups excluding tert-OH is 1. The van der Waals surface area contributed by atoms with Crippen molar-refractivity contribution < 1.29 is 19.3 Å². The molecule has 1 rings (SSSR count). The van der Waals surface area contributed by atoms with Gasteiger partial charge in [0.1, 0.15) is 6.61 Å². The van der Waals surface area contributed by atoms with E-state index >= 15 is 0 Å². The van der Waals surface area contributed by atoms with E-state index in [-0.39, 0.29) is 12.7 Å². The van der Waals surface area contributed by atoms with E-state index < -0.39 is 0 Å². The molecule has 1 unspecified atom stereocenters. The predicted octanol–water partition coefficient (Wildman–Crippen LogP) is 1.60. The minimum atomic E-state index is -0.0137. The zero-order valence-electron chi connectivity index (χ0n) is 9.90. The van der Waals surface area contributed by atoms with Crippen molar-refractivity contribution in [3.63, 3.8) is 0 Å². The summed E-state index contributed by atoms with van der Waals surface area (Å²) in [5.74, 6) is 1.28. The Labute approximate surface area is 95.8 Å². The Kier molecular flexibility index (Phi) is 5.08. The Morgan fingerprint density at radius 2 is 2.00 bits per heavy atom. The van der Waals surface area contributed by atoms with Gasteiger partial charge in [-0.05, 0) is 24.6 Å². The highest BCUT2D eigenvalue weighted by Crippen LogP contribution is 2.28. The molecule has 0 saturated carbocycles. The van der Waals surface area contributed by atoms with Crippen LogP contribution in [0, 0.1) is 0 Å². The fourth-order valence-electron chi connectivity index (χ4n) is 1.21. The molecule has 0 aromatic heterocycles. The van der Waals surface area contributed by atoms with E-state index in [1.165, 1.54) is 0 Å². The number of methoxy groups -OCH3 is 2. The summed E-state index contributed by atoms with van der Waals surface area (Å²) >= 11 is 0. The highest BCUT2D eigenvalue weighted by atomic mass is 16.5. The van der Waals surface area contributed by atoms with Crippen molar-refractivity contribution in [3.8, 4) is 11.5 Å². The fourth-order valence-corrected chi connectivity index (χ4v) is 1.21. The largest absolute Gasteiger partial charge is 0.493 e. The molecule has 0 bridgehead atoms. The van der Waals surface area contributed by atoms with E-state index in [9.17, 15) is 0 Å². The van der Waals surface area contributed by atoms with Gasteiger partial charge in [-0.15, -0.1) is 0 Å². The van der Waals surface area contributed by atoms with Crippen LogP contribution >= 0.6 is 0 Å². The number of hydrogen-bond acceptors (Lipinski definition) is 4. The lowest BCUT2D eigenvalue weighted by atomic mass is 10.2. The lowest BCUT2D eigenvalue weighted by Gasteiger charge is -2.14. The molecule has 0 heterocycles. The van der Waals surface area contributed by atoms with Crippen LogP contribution in [0.15, 0.2) is 18.2 Å². The van der Waals surface area contributed by atoms with Crippen molar-refractivity contribution in [1.29, 1.82) is 0 Å². The Morgan fingerprint density at radius 3 is 2.56 bits per heavy atom. The van der Waals surface area contributed by atoms with Gasteiger partial charge in [0, 0.05) is 7.11 Å². The van der Waals surface area contributed by atoms with Gasteiger partial charge >= 0.3 is 0 Å². The molecule has 1 atom stereocenters. The highest BCUT2D eigenvalue weighted by molar-refractivity contribution is 5.42. The lowest BCUT2D eigenvalue weighted by molar-refractivity contribution is 0.0705. The molecule has 0 saturated heterocycles.